The van der Waals surface area contributed by atoms with Crippen molar-refractivity contribution in [3.8, 4) is 0 Å². The van der Waals surface area contributed by atoms with E-state index in [1.165, 1.54) is 13.0 Å². The fourth-order valence-corrected chi connectivity index (χ4v) is 2.63. The number of hydrogen-bond donors (Lipinski definition) is 2. The standard InChI is InChI=1S/C15H24N4O/c1-3-8-19-9-5-12(6-10-19)18-13-4-7-17-14(11-13)15(20)16-2/h4,7,11-12H,3,5-6,8-10H2,1-2H3,(H,16,20)(H,17,18). The van der Waals surface area contributed by atoms with Crippen molar-refractivity contribution < 1.29 is 4.79 Å². The van der Waals surface area contributed by atoms with Crippen LogP contribution in [0.25, 0.3) is 0 Å². The van der Waals surface area contributed by atoms with Crippen LogP contribution in [0.3, 0.4) is 0 Å². The van der Waals surface area contributed by atoms with Gasteiger partial charge in [0.25, 0.3) is 5.91 Å². The fourth-order valence-electron chi connectivity index (χ4n) is 2.63. The van der Waals surface area contributed by atoms with Crippen LogP contribution in [0.5, 0.6) is 0 Å². The third-order valence-corrected chi connectivity index (χ3v) is 3.72. The topological polar surface area (TPSA) is 57.3 Å². The van der Waals surface area contributed by atoms with Gasteiger partial charge in [-0.1, -0.05) is 6.92 Å². The average Bonchev–Trinajstić information content (AvgIpc) is 2.49. The molecule has 0 aromatic carbocycles. The van der Waals surface area contributed by atoms with Gasteiger partial charge in [-0.05, 0) is 37.9 Å². The van der Waals surface area contributed by atoms with Gasteiger partial charge in [0.05, 0.1) is 0 Å². The van der Waals surface area contributed by atoms with Crippen molar-refractivity contribution in [1.29, 1.82) is 0 Å². The molecule has 1 aromatic heterocycles. The molecule has 2 heterocycles. The summed E-state index contributed by atoms with van der Waals surface area (Å²) in [6.45, 7) is 5.72. The number of pyridine rings is 1. The minimum atomic E-state index is -0.147. The Morgan fingerprint density at radius 2 is 2.20 bits per heavy atom. The lowest BCUT2D eigenvalue weighted by molar-refractivity contribution is 0.0958. The first-order valence-corrected chi connectivity index (χ1v) is 7.40. The molecule has 0 atom stereocenters. The first-order valence-electron chi connectivity index (χ1n) is 7.40. The Morgan fingerprint density at radius 1 is 1.45 bits per heavy atom. The predicted octanol–water partition coefficient (Wildman–Crippen LogP) is 1.73. The first kappa shape index (κ1) is 14.8. The van der Waals surface area contributed by atoms with Gasteiger partial charge in [-0.2, -0.15) is 0 Å². The van der Waals surface area contributed by atoms with Gasteiger partial charge in [-0.3, -0.25) is 9.78 Å². The lowest BCUT2D eigenvalue weighted by Gasteiger charge is -2.32. The number of carbonyl (C=O) groups excluding carboxylic acids is 1. The minimum Gasteiger partial charge on any atom is -0.382 e. The molecule has 1 aliphatic heterocycles. The van der Waals surface area contributed by atoms with Crippen molar-refractivity contribution in [3.05, 3.63) is 24.0 Å². The van der Waals surface area contributed by atoms with Crippen LogP contribution in [-0.2, 0) is 0 Å². The molecular weight excluding hydrogens is 252 g/mol. The Labute approximate surface area is 120 Å². The number of nitrogens with one attached hydrogen (secondary N) is 2. The maximum atomic E-state index is 11.6. The maximum Gasteiger partial charge on any atom is 0.269 e. The lowest BCUT2D eigenvalue weighted by atomic mass is 10.0. The molecular formula is C15H24N4O. The predicted molar refractivity (Wildman–Crippen MR) is 81.0 cm³/mol. The summed E-state index contributed by atoms with van der Waals surface area (Å²) in [5, 5.41) is 6.11. The van der Waals surface area contributed by atoms with E-state index in [0.717, 1.165) is 31.6 Å². The Balaban J connectivity index is 1.89. The molecule has 0 spiro atoms. The van der Waals surface area contributed by atoms with Gasteiger partial charge in [0.1, 0.15) is 5.69 Å². The van der Waals surface area contributed by atoms with Gasteiger partial charge >= 0.3 is 0 Å². The van der Waals surface area contributed by atoms with Crippen LogP contribution in [0.1, 0.15) is 36.7 Å². The molecule has 0 radical (unpaired) electrons. The first-order chi connectivity index (χ1) is 9.72. The molecule has 110 valence electrons. The third kappa shape index (κ3) is 3.93. The molecule has 0 saturated carbocycles. The molecule has 0 bridgehead atoms. The number of anilines is 1. The Bertz CT molecular complexity index is 441. The molecule has 20 heavy (non-hydrogen) atoms. The largest absolute Gasteiger partial charge is 0.382 e. The lowest BCUT2D eigenvalue weighted by Crippen LogP contribution is -2.39. The second-order valence-electron chi connectivity index (χ2n) is 5.27. The molecule has 1 aromatic rings. The minimum absolute atomic E-state index is 0.147. The second kappa shape index (κ2) is 7.24. The van der Waals surface area contributed by atoms with Crippen LogP contribution in [0, 0.1) is 0 Å². The van der Waals surface area contributed by atoms with Crippen molar-refractivity contribution in [1.82, 2.24) is 15.2 Å². The van der Waals surface area contributed by atoms with Crippen LogP contribution in [0.15, 0.2) is 18.3 Å². The van der Waals surface area contributed by atoms with Gasteiger partial charge in [-0.15, -0.1) is 0 Å². The van der Waals surface area contributed by atoms with Crippen LogP contribution in [0.4, 0.5) is 5.69 Å². The number of carbonyl (C=O) groups is 1. The van der Waals surface area contributed by atoms with Gasteiger partial charge < -0.3 is 15.5 Å². The maximum absolute atomic E-state index is 11.6. The summed E-state index contributed by atoms with van der Waals surface area (Å²) in [4.78, 5) is 18.2. The average molecular weight is 276 g/mol. The molecule has 1 fully saturated rings. The van der Waals surface area contributed by atoms with E-state index < -0.39 is 0 Å². The second-order valence-corrected chi connectivity index (χ2v) is 5.27. The monoisotopic (exact) mass is 276 g/mol. The van der Waals surface area contributed by atoms with Crippen LogP contribution in [0.2, 0.25) is 0 Å². The molecule has 1 aliphatic rings. The van der Waals surface area contributed by atoms with Crippen molar-refractivity contribution in [3.63, 3.8) is 0 Å². The molecule has 5 heteroatoms. The van der Waals surface area contributed by atoms with Gasteiger partial charge in [-0.25, -0.2) is 0 Å². The summed E-state index contributed by atoms with van der Waals surface area (Å²) in [6.07, 6.45) is 5.20. The summed E-state index contributed by atoms with van der Waals surface area (Å²) >= 11 is 0. The van der Waals surface area contributed by atoms with Crippen molar-refractivity contribution in [2.24, 2.45) is 0 Å². The van der Waals surface area contributed by atoms with Crippen molar-refractivity contribution in [2.75, 3.05) is 32.0 Å². The Hall–Kier alpha value is -1.62. The van der Waals surface area contributed by atoms with Gasteiger partial charge in [0, 0.05) is 38.1 Å². The zero-order chi connectivity index (χ0) is 14.4. The van der Waals surface area contributed by atoms with E-state index in [-0.39, 0.29) is 5.91 Å². The summed E-state index contributed by atoms with van der Waals surface area (Å²) in [6, 6.07) is 4.23. The fraction of sp³-hybridized carbons (Fsp3) is 0.600. The highest BCUT2D eigenvalue weighted by atomic mass is 16.1. The summed E-state index contributed by atoms with van der Waals surface area (Å²) in [5.41, 5.74) is 1.44. The van der Waals surface area contributed by atoms with Crippen LogP contribution in [-0.4, -0.2) is 48.5 Å². The molecule has 2 rings (SSSR count). The molecule has 1 saturated heterocycles. The number of rotatable bonds is 5. The van der Waals surface area contributed by atoms with E-state index in [1.54, 1.807) is 13.2 Å². The van der Waals surface area contributed by atoms with Gasteiger partial charge in [0.15, 0.2) is 0 Å². The number of amides is 1. The molecule has 0 unspecified atom stereocenters. The number of aromatic nitrogens is 1. The zero-order valence-electron chi connectivity index (χ0n) is 12.4. The van der Waals surface area contributed by atoms with E-state index in [1.807, 2.05) is 12.1 Å². The quantitative estimate of drug-likeness (QED) is 0.860. The SMILES string of the molecule is CCCN1CCC(Nc2ccnc(C(=O)NC)c2)CC1. The highest BCUT2D eigenvalue weighted by Gasteiger charge is 2.18. The smallest absolute Gasteiger partial charge is 0.269 e. The highest BCUT2D eigenvalue weighted by molar-refractivity contribution is 5.92. The number of hydrogen-bond acceptors (Lipinski definition) is 4. The zero-order valence-corrected chi connectivity index (χ0v) is 12.4. The molecule has 5 nitrogen and oxygen atoms in total. The van der Waals surface area contributed by atoms with E-state index in [0.29, 0.717) is 11.7 Å². The van der Waals surface area contributed by atoms with E-state index in [4.69, 9.17) is 0 Å². The molecule has 1 amide bonds. The van der Waals surface area contributed by atoms with E-state index >= 15 is 0 Å². The normalized spacial score (nSPS) is 16.9. The van der Waals surface area contributed by atoms with Crippen LogP contribution >= 0.6 is 0 Å². The van der Waals surface area contributed by atoms with Crippen molar-refractivity contribution in [2.45, 2.75) is 32.2 Å². The summed E-state index contributed by atoms with van der Waals surface area (Å²) in [5.74, 6) is -0.147. The van der Waals surface area contributed by atoms with E-state index in [2.05, 4.69) is 27.4 Å². The Morgan fingerprint density at radius 3 is 2.85 bits per heavy atom. The number of likely N-dealkylation sites (tertiary alicyclic amines) is 1. The Kier molecular flexibility index (Phi) is 5.35. The highest BCUT2D eigenvalue weighted by Crippen LogP contribution is 2.17. The third-order valence-electron chi connectivity index (χ3n) is 3.72. The molecule has 2 N–H and O–H groups in total. The number of nitrogens with zero attached hydrogens (tertiary/aromatic N) is 2. The summed E-state index contributed by atoms with van der Waals surface area (Å²) in [7, 11) is 1.62. The molecule has 0 aliphatic carbocycles. The van der Waals surface area contributed by atoms with Crippen LogP contribution < -0.4 is 10.6 Å². The summed E-state index contributed by atoms with van der Waals surface area (Å²) < 4.78 is 0. The van der Waals surface area contributed by atoms with E-state index in [9.17, 15) is 4.79 Å². The number of piperidine rings is 1. The van der Waals surface area contributed by atoms with Gasteiger partial charge in [0.2, 0.25) is 0 Å². The van der Waals surface area contributed by atoms with Crippen molar-refractivity contribution >= 4 is 11.6 Å².